The van der Waals surface area contributed by atoms with Crippen molar-refractivity contribution in [3.63, 3.8) is 0 Å². The highest BCUT2D eigenvalue weighted by Crippen LogP contribution is 2.12. The predicted molar refractivity (Wildman–Crippen MR) is 86.4 cm³/mol. The van der Waals surface area contributed by atoms with Crippen LogP contribution in [0.15, 0.2) is 35.4 Å². The largest absolute Gasteiger partial charge is 0.464 e. The van der Waals surface area contributed by atoms with E-state index < -0.39 is 17.6 Å². The van der Waals surface area contributed by atoms with Crippen molar-refractivity contribution in [3.05, 3.63) is 52.3 Å². The molecule has 130 valence electrons. The summed E-state index contributed by atoms with van der Waals surface area (Å²) in [5, 5.41) is 7.72. The lowest BCUT2D eigenvalue weighted by Crippen LogP contribution is -2.29. The molecule has 1 aromatic carbocycles. The fourth-order valence-corrected chi connectivity index (χ4v) is 2.41. The van der Waals surface area contributed by atoms with Gasteiger partial charge >= 0.3 is 5.97 Å². The maximum Gasteiger partial charge on any atom is 0.328 e. The summed E-state index contributed by atoms with van der Waals surface area (Å²) in [6.07, 6.45) is 1.24. The summed E-state index contributed by atoms with van der Waals surface area (Å²) in [6, 6.07) is 5.43. The van der Waals surface area contributed by atoms with E-state index in [-0.39, 0.29) is 30.1 Å². The number of benzene rings is 1. The highest BCUT2D eigenvalue weighted by atomic mass is 19.1. The third kappa shape index (κ3) is 3.12. The van der Waals surface area contributed by atoms with Crippen molar-refractivity contribution in [1.29, 1.82) is 0 Å². The fraction of sp³-hybridized carbons (Fsp3) is 0.312. The number of aromatic nitrogens is 5. The summed E-state index contributed by atoms with van der Waals surface area (Å²) in [4.78, 5) is 28.5. The van der Waals surface area contributed by atoms with Gasteiger partial charge in [-0.3, -0.25) is 9.36 Å². The minimum absolute atomic E-state index is 0.00925. The number of fused-ring (bicyclic) bond motifs is 1. The summed E-state index contributed by atoms with van der Waals surface area (Å²) in [7, 11) is 0. The molecule has 0 spiro atoms. The van der Waals surface area contributed by atoms with Gasteiger partial charge in [0.2, 0.25) is 0 Å². The standard InChI is InChI=1S/C16H16FN5O3/c1-3-25-16(24)10(2)21-9-18-14-13(15(21)23)19-20-22(14)8-11-6-4-5-7-12(11)17/h4-7,9-10H,3,8H2,1-2H3/t10-/m1/s1. The molecule has 25 heavy (non-hydrogen) atoms. The molecule has 0 unspecified atom stereocenters. The second kappa shape index (κ2) is 6.80. The molecule has 0 fully saturated rings. The Labute approximate surface area is 141 Å². The van der Waals surface area contributed by atoms with Crippen LogP contribution in [0.3, 0.4) is 0 Å². The van der Waals surface area contributed by atoms with Gasteiger partial charge in [-0.25, -0.2) is 18.9 Å². The van der Waals surface area contributed by atoms with E-state index in [1.807, 2.05) is 0 Å². The zero-order valence-corrected chi connectivity index (χ0v) is 13.7. The van der Waals surface area contributed by atoms with Gasteiger partial charge < -0.3 is 4.74 Å². The number of hydrogen-bond acceptors (Lipinski definition) is 6. The van der Waals surface area contributed by atoms with Crippen molar-refractivity contribution in [3.8, 4) is 0 Å². The highest BCUT2D eigenvalue weighted by molar-refractivity contribution is 5.74. The Kier molecular flexibility index (Phi) is 4.55. The summed E-state index contributed by atoms with van der Waals surface area (Å²) in [6.45, 7) is 3.53. The van der Waals surface area contributed by atoms with Crippen molar-refractivity contribution in [2.75, 3.05) is 6.61 Å². The minimum Gasteiger partial charge on any atom is -0.464 e. The Bertz CT molecular complexity index is 981. The molecule has 8 nitrogen and oxygen atoms in total. The zero-order valence-electron chi connectivity index (χ0n) is 13.7. The van der Waals surface area contributed by atoms with E-state index in [0.29, 0.717) is 5.56 Å². The number of nitrogens with zero attached hydrogens (tertiary/aromatic N) is 5. The second-order valence-electron chi connectivity index (χ2n) is 5.40. The molecule has 0 aliphatic rings. The Morgan fingerprint density at radius 1 is 1.36 bits per heavy atom. The molecule has 3 aromatic rings. The van der Waals surface area contributed by atoms with Crippen LogP contribution in [0.25, 0.3) is 11.2 Å². The van der Waals surface area contributed by atoms with Gasteiger partial charge in [0.1, 0.15) is 18.2 Å². The van der Waals surface area contributed by atoms with Gasteiger partial charge in [0, 0.05) is 5.56 Å². The summed E-state index contributed by atoms with van der Waals surface area (Å²) in [5.41, 5.74) is 0.126. The van der Waals surface area contributed by atoms with E-state index in [4.69, 9.17) is 4.74 Å². The summed E-state index contributed by atoms with van der Waals surface area (Å²) >= 11 is 0. The predicted octanol–water partition coefficient (Wildman–Crippen LogP) is 1.30. The third-order valence-electron chi connectivity index (χ3n) is 3.77. The molecule has 0 aliphatic carbocycles. The molecule has 0 bridgehead atoms. The number of rotatable bonds is 5. The molecule has 0 radical (unpaired) electrons. The first kappa shape index (κ1) is 16.7. The summed E-state index contributed by atoms with van der Waals surface area (Å²) in [5.74, 6) is -0.917. The minimum atomic E-state index is -0.832. The molecule has 0 saturated carbocycles. The molecule has 9 heteroatoms. The van der Waals surface area contributed by atoms with Gasteiger partial charge in [0.05, 0.1) is 13.2 Å². The van der Waals surface area contributed by atoms with E-state index in [1.54, 1.807) is 25.1 Å². The number of halogens is 1. The quantitative estimate of drug-likeness (QED) is 0.647. The number of esters is 1. The van der Waals surface area contributed by atoms with Crippen molar-refractivity contribution in [2.24, 2.45) is 0 Å². The van der Waals surface area contributed by atoms with Crippen molar-refractivity contribution < 1.29 is 13.9 Å². The molecule has 2 heterocycles. The van der Waals surface area contributed by atoms with Gasteiger partial charge in [-0.2, -0.15) is 0 Å². The van der Waals surface area contributed by atoms with E-state index >= 15 is 0 Å². The molecular weight excluding hydrogens is 329 g/mol. The van der Waals surface area contributed by atoms with Gasteiger partial charge in [0.25, 0.3) is 5.56 Å². The lowest BCUT2D eigenvalue weighted by molar-refractivity contribution is -0.146. The Hall–Kier alpha value is -3.10. The van der Waals surface area contributed by atoms with E-state index in [1.165, 1.54) is 24.0 Å². The van der Waals surface area contributed by atoms with Gasteiger partial charge in [-0.1, -0.05) is 23.4 Å². The number of hydrogen-bond donors (Lipinski definition) is 0. The van der Waals surface area contributed by atoms with Gasteiger partial charge in [-0.15, -0.1) is 5.10 Å². The van der Waals surface area contributed by atoms with Crippen LogP contribution in [0.4, 0.5) is 4.39 Å². The molecule has 3 rings (SSSR count). The molecule has 0 aliphatic heterocycles. The van der Waals surface area contributed by atoms with Crippen LogP contribution >= 0.6 is 0 Å². The zero-order chi connectivity index (χ0) is 18.0. The van der Waals surface area contributed by atoms with Crippen LogP contribution in [0, 0.1) is 5.82 Å². The molecule has 1 atom stereocenters. The first-order valence-electron chi connectivity index (χ1n) is 7.73. The van der Waals surface area contributed by atoms with E-state index in [9.17, 15) is 14.0 Å². The highest BCUT2D eigenvalue weighted by Gasteiger charge is 2.21. The maximum atomic E-state index is 13.8. The first-order valence-corrected chi connectivity index (χ1v) is 7.73. The van der Waals surface area contributed by atoms with Crippen molar-refractivity contribution in [2.45, 2.75) is 26.4 Å². The van der Waals surface area contributed by atoms with Gasteiger partial charge in [0.15, 0.2) is 11.2 Å². The fourth-order valence-electron chi connectivity index (χ4n) is 2.41. The first-order chi connectivity index (χ1) is 12.0. The maximum absolute atomic E-state index is 13.8. The lowest BCUT2D eigenvalue weighted by atomic mass is 10.2. The van der Waals surface area contributed by atoms with Crippen LogP contribution in [-0.2, 0) is 16.1 Å². The van der Waals surface area contributed by atoms with Gasteiger partial charge in [-0.05, 0) is 19.9 Å². The third-order valence-corrected chi connectivity index (χ3v) is 3.77. The van der Waals surface area contributed by atoms with E-state index in [2.05, 4.69) is 15.3 Å². The topological polar surface area (TPSA) is 91.9 Å². The average molecular weight is 345 g/mol. The van der Waals surface area contributed by atoms with Crippen LogP contribution in [0.2, 0.25) is 0 Å². The van der Waals surface area contributed by atoms with Crippen LogP contribution in [0.1, 0.15) is 25.5 Å². The smallest absolute Gasteiger partial charge is 0.328 e. The Morgan fingerprint density at radius 3 is 2.84 bits per heavy atom. The lowest BCUT2D eigenvalue weighted by Gasteiger charge is -2.12. The molecular formula is C16H16FN5O3. The van der Waals surface area contributed by atoms with Crippen LogP contribution in [-0.4, -0.2) is 37.1 Å². The molecule has 0 saturated heterocycles. The molecule has 2 aromatic heterocycles. The normalized spacial score (nSPS) is 12.3. The number of carbonyl (C=O) groups excluding carboxylic acids is 1. The number of ether oxygens (including phenoxy) is 1. The SMILES string of the molecule is CCOC(=O)[C@@H](C)n1cnc2c(nnn2Cc2ccccc2F)c1=O. The average Bonchev–Trinajstić information content (AvgIpc) is 3.01. The van der Waals surface area contributed by atoms with E-state index in [0.717, 1.165) is 4.57 Å². The molecule has 0 amide bonds. The Morgan fingerprint density at radius 2 is 2.12 bits per heavy atom. The van der Waals surface area contributed by atoms with Crippen LogP contribution < -0.4 is 5.56 Å². The second-order valence-corrected chi connectivity index (χ2v) is 5.40. The van der Waals surface area contributed by atoms with Crippen LogP contribution in [0.5, 0.6) is 0 Å². The van der Waals surface area contributed by atoms with Crippen molar-refractivity contribution in [1.82, 2.24) is 24.5 Å². The number of carbonyl (C=O) groups is 1. The Balaban J connectivity index is 1.98. The van der Waals surface area contributed by atoms with Crippen molar-refractivity contribution >= 4 is 17.1 Å². The molecule has 0 N–H and O–H groups in total. The summed E-state index contributed by atoms with van der Waals surface area (Å²) < 4.78 is 21.2. The monoisotopic (exact) mass is 345 g/mol.